The van der Waals surface area contributed by atoms with E-state index in [0.29, 0.717) is 18.1 Å². The van der Waals surface area contributed by atoms with E-state index in [9.17, 15) is 4.79 Å². The second-order valence-corrected chi connectivity index (χ2v) is 3.78. The maximum Gasteiger partial charge on any atom is 0.358 e. The monoisotopic (exact) mass is 226 g/mol. The first-order chi connectivity index (χ1) is 7.49. The smallest absolute Gasteiger partial charge is 0.358 e. The van der Waals surface area contributed by atoms with Gasteiger partial charge in [-0.05, 0) is 6.92 Å². The molecule has 0 aromatic carbocycles. The summed E-state index contributed by atoms with van der Waals surface area (Å²) in [6, 6.07) is 0. The molecule has 0 aliphatic heterocycles. The maximum atomic E-state index is 11.7. The summed E-state index contributed by atoms with van der Waals surface area (Å²) < 4.78 is 4.96. The zero-order chi connectivity index (χ0) is 12.3. The normalized spacial score (nSPS) is 10.1. The number of rotatable bonds is 4. The molecular formula is C10H18N4O2. The van der Waals surface area contributed by atoms with Crippen molar-refractivity contribution in [2.45, 2.75) is 6.92 Å². The summed E-state index contributed by atoms with van der Waals surface area (Å²) in [5, 5.41) is 6.81. The van der Waals surface area contributed by atoms with Crippen LogP contribution in [0.25, 0.3) is 0 Å². The summed E-state index contributed by atoms with van der Waals surface area (Å²) in [5.74, 6) is 0.333. The van der Waals surface area contributed by atoms with E-state index in [0.717, 1.165) is 5.69 Å². The van der Waals surface area contributed by atoms with Crippen molar-refractivity contribution >= 4 is 17.5 Å². The molecule has 0 bridgehead atoms. The Morgan fingerprint density at radius 3 is 2.38 bits per heavy atom. The number of nitrogens with one attached hydrogen (secondary N) is 1. The minimum Gasteiger partial charge on any atom is -0.461 e. The molecule has 0 amide bonds. The predicted octanol–water partition coefficient (Wildman–Crippen LogP) is 0.718. The Balaban J connectivity index is 3.15. The number of hydrogen-bond acceptors (Lipinski definition) is 5. The minimum absolute atomic E-state index is 0.349. The lowest BCUT2D eigenvalue weighted by atomic mass is 10.3. The number of hydrogen-bond donors (Lipinski definition) is 1. The molecule has 0 fully saturated rings. The lowest BCUT2D eigenvalue weighted by Crippen LogP contribution is -2.18. The Morgan fingerprint density at radius 2 is 1.94 bits per heavy atom. The average molecular weight is 226 g/mol. The molecule has 0 aliphatic rings. The standard InChI is InChI=1S/C10H18N4O2/c1-6-16-10(15)7-8(13(2)3)9(12-11-7)14(4)5/h6H2,1-5H3,(H,11,12). The molecular weight excluding hydrogens is 208 g/mol. The molecule has 0 atom stereocenters. The Morgan fingerprint density at radius 1 is 1.31 bits per heavy atom. The van der Waals surface area contributed by atoms with E-state index in [1.807, 2.05) is 38.0 Å². The van der Waals surface area contributed by atoms with Crippen molar-refractivity contribution in [3.63, 3.8) is 0 Å². The van der Waals surface area contributed by atoms with E-state index < -0.39 is 0 Å². The summed E-state index contributed by atoms with van der Waals surface area (Å²) >= 11 is 0. The van der Waals surface area contributed by atoms with Crippen LogP contribution in [-0.2, 0) is 4.74 Å². The van der Waals surface area contributed by atoms with Gasteiger partial charge in [0.15, 0.2) is 11.5 Å². The molecule has 6 heteroatoms. The van der Waals surface area contributed by atoms with Gasteiger partial charge in [-0.15, -0.1) is 0 Å². The van der Waals surface area contributed by atoms with Gasteiger partial charge in [0.1, 0.15) is 5.69 Å². The van der Waals surface area contributed by atoms with Crippen molar-refractivity contribution in [2.24, 2.45) is 0 Å². The molecule has 0 radical (unpaired) electrons. The van der Waals surface area contributed by atoms with Gasteiger partial charge in [0, 0.05) is 28.2 Å². The van der Waals surface area contributed by atoms with E-state index in [1.54, 1.807) is 6.92 Å². The highest BCUT2D eigenvalue weighted by molar-refractivity contribution is 5.97. The number of ether oxygens (including phenoxy) is 1. The topological polar surface area (TPSA) is 61.5 Å². The molecule has 0 saturated heterocycles. The molecule has 6 nitrogen and oxygen atoms in total. The minimum atomic E-state index is -0.383. The first kappa shape index (κ1) is 12.4. The summed E-state index contributed by atoms with van der Waals surface area (Å²) in [7, 11) is 7.47. The Labute approximate surface area is 95.2 Å². The molecule has 90 valence electrons. The number of carbonyl (C=O) groups is 1. The van der Waals surface area contributed by atoms with Crippen molar-refractivity contribution < 1.29 is 9.53 Å². The largest absolute Gasteiger partial charge is 0.461 e. The number of anilines is 2. The SMILES string of the molecule is CCOC(=O)c1[nH]nc(N(C)C)c1N(C)C. The highest BCUT2D eigenvalue weighted by Crippen LogP contribution is 2.28. The second-order valence-electron chi connectivity index (χ2n) is 3.78. The summed E-state index contributed by atoms with van der Waals surface area (Å²) in [6.07, 6.45) is 0. The van der Waals surface area contributed by atoms with E-state index in [1.165, 1.54) is 0 Å². The predicted molar refractivity (Wildman–Crippen MR) is 63.2 cm³/mol. The molecule has 1 heterocycles. The van der Waals surface area contributed by atoms with Crippen LogP contribution in [0.2, 0.25) is 0 Å². The van der Waals surface area contributed by atoms with Gasteiger partial charge >= 0.3 is 5.97 Å². The van der Waals surface area contributed by atoms with Gasteiger partial charge in [-0.1, -0.05) is 0 Å². The molecule has 0 saturated carbocycles. The van der Waals surface area contributed by atoms with Crippen LogP contribution in [0, 0.1) is 0 Å². The van der Waals surface area contributed by atoms with Crippen LogP contribution in [0.3, 0.4) is 0 Å². The lowest BCUT2D eigenvalue weighted by Gasteiger charge is -2.17. The fourth-order valence-corrected chi connectivity index (χ4v) is 1.41. The van der Waals surface area contributed by atoms with Gasteiger partial charge < -0.3 is 14.5 Å². The molecule has 16 heavy (non-hydrogen) atoms. The molecule has 1 aromatic heterocycles. The van der Waals surface area contributed by atoms with Gasteiger partial charge in [0.05, 0.1) is 6.61 Å². The highest BCUT2D eigenvalue weighted by Gasteiger charge is 2.22. The summed E-state index contributed by atoms with van der Waals surface area (Å²) in [6.45, 7) is 2.12. The van der Waals surface area contributed by atoms with Crippen molar-refractivity contribution in [1.82, 2.24) is 10.2 Å². The van der Waals surface area contributed by atoms with Crippen LogP contribution in [0.15, 0.2) is 0 Å². The Kier molecular flexibility index (Phi) is 3.76. The van der Waals surface area contributed by atoms with E-state index in [2.05, 4.69) is 10.2 Å². The molecule has 1 aromatic rings. The molecule has 1 rings (SSSR count). The fourth-order valence-electron chi connectivity index (χ4n) is 1.41. The molecule has 0 spiro atoms. The van der Waals surface area contributed by atoms with Gasteiger partial charge in [0.25, 0.3) is 0 Å². The molecule has 0 aliphatic carbocycles. The van der Waals surface area contributed by atoms with Crippen LogP contribution < -0.4 is 9.80 Å². The third-order valence-corrected chi connectivity index (χ3v) is 2.07. The number of esters is 1. The third-order valence-electron chi connectivity index (χ3n) is 2.07. The van der Waals surface area contributed by atoms with E-state index in [4.69, 9.17) is 4.74 Å². The number of nitrogens with zero attached hydrogens (tertiary/aromatic N) is 3. The van der Waals surface area contributed by atoms with Crippen molar-refractivity contribution in [1.29, 1.82) is 0 Å². The van der Waals surface area contributed by atoms with Gasteiger partial charge in [-0.25, -0.2) is 4.79 Å². The maximum absolute atomic E-state index is 11.7. The van der Waals surface area contributed by atoms with Crippen LogP contribution in [0.4, 0.5) is 11.5 Å². The van der Waals surface area contributed by atoms with Gasteiger partial charge in [0.2, 0.25) is 0 Å². The highest BCUT2D eigenvalue weighted by atomic mass is 16.5. The van der Waals surface area contributed by atoms with Crippen molar-refractivity contribution in [3.05, 3.63) is 5.69 Å². The zero-order valence-electron chi connectivity index (χ0n) is 10.4. The average Bonchev–Trinajstić information content (AvgIpc) is 2.61. The first-order valence-corrected chi connectivity index (χ1v) is 5.09. The van der Waals surface area contributed by atoms with Gasteiger partial charge in [-0.3, -0.25) is 5.10 Å². The van der Waals surface area contributed by atoms with Crippen LogP contribution >= 0.6 is 0 Å². The van der Waals surface area contributed by atoms with Crippen LogP contribution in [0.5, 0.6) is 0 Å². The quantitative estimate of drug-likeness (QED) is 0.766. The second kappa shape index (κ2) is 4.87. The third kappa shape index (κ3) is 2.26. The summed E-state index contributed by atoms with van der Waals surface area (Å²) in [5.41, 5.74) is 1.12. The van der Waals surface area contributed by atoms with E-state index in [-0.39, 0.29) is 5.97 Å². The first-order valence-electron chi connectivity index (χ1n) is 5.09. The Hall–Kier alpha value is -1.72. The van der Waals surface area contributed by atoms with E-state index >= 15 is 0 Å². The lowest BCUT2D eigenvalue weighted by molar-refractivity contribution is 0.0520. The fraction of sp³-hybridized carbons (Fsp3) is 0.600. The Bertz CT molecular complexity index is 371. The van der Waals surface area contributed by atoms with Crippen molar-refractivity contribution in [3.8, 4) is 0 Å². The van der Waals surface area contributed by atoms with Crippen LogP contribution in [-0.4, -0.2) is 51.0 Å². The number of H-pyrrole nitrogens is 1. The van der Waals surface area contributed by atoms with Crippen LogP contribution in [0.1, 0.15) is 17.4 Å². The number of aromatic nitrogens is 2. The number of aromatic amines is 1. The summed E-state index contributed by atoms with van der Waals surface area (Å²) in [4.78, 5) is 15.3. The molecule has 1 N–H and O–H groups in total. The molecule has 0 unspecified atom stereocenters. The number of carbonyl (C=O) groups excluding carboxylic acids is 1. The zero-order valence-corrected chi connectivity index (χ0v) is 10.4. The van der Waals surface area contributed by atoms with Gasteiger partial charge in [-0.2, -0.15) is 5.10 Å². The van der Waals surface area contributed by atoms with Crippen molar-refractivity contribution in [2.75, 3.05) is 44.6 Å².